The number of benzene rings is 3. The highest BCUT2D eigenvalue weighted by atomic mass is 19.1. The molecule has 1 N–H and O–H groups in total. The lowest BCUT2D eigenvalue weighted by Crippen LogP contribution is -2.60. The zero-order valence-corrected chi connectivity index (χ0v) is 19.7. The van der Waals surface area contributed by atoms with Crippen molar-refractivity contribution in [2.45, 2.75) is 32.0 Å². The summed E-state index contributed by atoms with van der Waals surface area (Å²) in [5.74, 6) is -0.567. The summed E-state index contributed by atoms with van der Waals surface area (Å²) < 4.78 is 27.1. The van der Waals surface area contributed by atoms with Gasteiger partial charge in [-0.15, -0.1) is 0 Å². The van der Waals surface area contributed by atoms with E-state index in [4.69, 9.17) is 0 Å². The minimum absolute atomic E-state index is 0.00146. The molecule has 0 unspecified atom stereocenters. The van der Waals surface area contributed by atoms with Crippen molar-refractivity contribution in [3.63, 3.8) is 0 Å². The van der Waals surface area contributed by atoms with Gasteiger partial charge in [-0.1, -0.05) is 54.6 Å². The first-order valence-corrected chi connectivity index (χ1v) is 11.7. The van der Waals surface area contributed by atoms with Crippen LogP contribution in [-0.4, -0.2) is 47.4 Å². The van der Waals surface area contributed by atoms with Crippen molar-refractivity contribution < 1.29 is 13.6 Å². The first kappa shape index (κ1) is 24.0. The number of hydrogen-bond acceptors (Lipinski definition) is 3. The van der Waals surface area contributed by atoms with E-state index in [0.717, 1.165) is 29.8 Å². The van der Waals surface area contributed by atoms with Gasteiger partial charge in [-0.05, 0) is 54.8 Å². The third-order valence-electron chi connectivity index (χ3n) is 6.69. The standard InChI is InChI=1S/C28H31F2N3O/c1-28(2,27(34)31-20-21-6-4-3-5-7-21)33-18-16-32(17-19-33)26(22-8-12-24(29)13-9-22)23-10-14-25(30)15-11-23/h3-15,26H,16-20H2,1-2H3,(H,31,34). The molecule has 1 saturated heterocycles. The zero-order valence-electron chi connectivity index (χ0n) is 19.7. The van der Waals surface area contributed by atoms with Crippen molar-refractivity contribution >= 4 is 5.91 Å². The van der Waals surface area contributed by atoms with E-state index in [0.29, 0.717) is 19.6 Å². The fraction of sp³-hybridized carbons (Fsp3) is 0.321. The summed E-state index contributed by atoms with van der Waals surface area (Å²) in [4.78, 5) is 17.5. The Morgan fingerprint density at radius 3 is 1.82 bits per heavy atom. The normalized spacial score (nSPS) is 15.4. The smallest absolute Gasteiger partial charge is 0.240 e. The Hall–Kier alpha value is -3.09. The van der Waals surface area contributed by atoms with Gasteiger partial charge in [0.1, 0.15) is 11.6 Å². The monoisotopic (exact) mass is 463 g/mol. The maximum absolute atomic E-state index is 13.6. The van der Waals surface area contributed by atoms with E-state index < -0.39 is 5.54 Å². The second kappa shape index (κ2) is 10.5. The summed E-state index contributed by atoms with van der Waals surface area (Å²) in [5.41, 5.74) is 2.34. The largest absolute Gasteiger partial charge is 0.350 e. The molecule has 6 heteroatoms. The fourth-order valence-corrected chi connectivity index (χ4v) is 4.58. The molecule has 0 atom stereocenters. The lowest BCUT2D eigenvalue weighted by atomic mass is 9.95. The van der Waals surface area contributed by atoms with Crippen LogP contribution < -0.4 is 5.32 Å². The van der Waals surface area contributed by atoms with E-state index in [1.807, 2.05) is 44.2 Å². The second-order valence-corrected chi connectivity index (χ2v) is 9.26. The van der Waals surface area contributed by atoms with Crippen LogP contribution in [0.25, 0.3) is 0 Å². The highest BCUT2D eigenvalue weighted by molar-refractivity contribution is 5.85. The van der Waals surface area contributed by atoms with Gasteiger partial charge in [0.25, 0.3) is 0 Å². The predicted octanol–water partition coefficient (Wildman–Crippen LogP) is 4.77. The van der Waals surface area contributed by atoms with Gasteiger partial charge in [0, 0.05) is 32.7 Å². The average Bonchev–Trinajstić information content (AvgIpc) is 2.86. The second-order valence-electron chi connectivity index (χ2n) is 9.26. The van der Waals surface area contributed by atoms with Crippen LogP contribution in [0, 0.1) is 11.6 Å². The molecule has 1 fully saturated rings. The van der Waals surface area contributed by atoms with Crippen molar-refractivity contribution in [3.8, 4) is 0 Å². The molecule has 34 heavy (non-hydrogen) atoms. The molecule has 4 nitrogen and oxygen atoms in total. The third-order valence-corrected chi connectivity index (χ3v) is 6.69. The number of carbonyl (C=O) groups is 1. The third kappa shape index (κ3) is 5.51. The Morgan fingerprint density at radius 2 is 1.32 bits per heavy atom. The molecule has 0 radical (unpaired) electrons. The van der Waals surface area contributed by atoms with Gasteiger partial charge in [0.15, 0.2) is 0 Å². The quantitative estimate of drug-likeness (QED) is 0.549. The molecule has 0 spiro atoms. The Kier molecular flexibility index (Phi) is 7.39. The van der Waals surface area contributed by atoms with E-state index in [-0.39, 0.29) is 23.6 Å². The SMILES string of the molecule is CC(C)(C(=O)NCc1ccccc1)N1CCN(C(c2ccc(F)cc2)c2ccc(F)cc2)CC1. The molecule has 1 amide bonds. The lowest BCUT2D eigenvalue weighted by Gasteiger charge is -2.45. The maximum Gasteiger partial charge on any atom is 0.240 e. The van der Waals surface area contributed by atoms with Crippen molar-refractivity contribution in [1.82, 2.24) is 15.1 Å². The van der Waals surface area contributed by atoms with Crippen molar-refractivity contribution in [2.24, 2.45) is 0 Å². The highest BCUT2D eigenvalue weighted by Gasteiger charge is 2.37. The summed E-state index contributed by atoms with van der Waals surface area (Å²) >= 11 is 0. The number of piperazine rings is 1. The number of halogens is 2. The molecule has 1 heterocycles. The molecular formula is C28H31F2N3O. The molecule has 3 aromatic carbocycles. The number of nitrogens with one attached hydrogen (secondary N) is 1. The van der Waals surface area contributed by atoms with Gasteiger partial charge in [-0.2, -0.15) is 0 Å². The van der Waals surface area contributed by atoms with Crippen LogP contribution in [-0.2, 0) is 11.3 Å². The first-order valence-electron chi connectivity index (χ1n) is 11.7. The van der Waals surface area contributed by atoms with Crippen molar-refractivity contribution in [1.29, 1.82) is 0 Å². The Labute approximate surface area is 200 Å². The first-order chi connectivity index (χ1) is 16.3. The number of nitrogens with zero attached hydrogens (tertiary/aromatic N) is 2. The van der Waals surface area contributed by atoms with Gasteiger partial charge in [0.2, 0.25) is 5.91 Å². The Morgan fingerprint density at radius 1 is 0.824 bits per heavy atom. The summed E-state index contributed by atoms with van der Waals surface area (Å²) in [6.45, 7) is 7.31. The Bertz CT molecular complexity index is 1030. The fourth-order valence-electron chi connectivity index (χ4n) is 4.58. The van der Waals surface area contributed by atoms with Crippen LogP contribution in [0.3, 0.4) is 0 Å². The summed E-state index contributed by atoms with van der Waals surface area (Å²) in [7, 11) is 0. The molecule has 1 aliphatic heterocycles. The van der Waals surface area contributed by atoms with E-state index in [1.165, 1.54) is 24.3 Å². The van der Waals surface area contributed by atoms with Crippen LogP contribution in [0.2, 0.25) is 0 Å². The molecule has 0 saturated carbocycles. The zero-order chi connectivity index (χ0) is 24.1. The molecule has 0 aliphatic carbocycles. The van der Waals surface area contributed by atoms with E-state index in [9.17, 15) is 13.6 Å². The van der Waals surface area contributed by atoms with Gasteiger partial charge in [0.05, 0.1) is 11.6 Å². The van der Waals surface area contributed by atoms with E-state index in [2.05, 4.69) is 15.1 Å². The summed E-state index contributed by atoms with van der Waals surface area (Å²) in [6, 6.07) is 22.8. The number of hydrogen-bond donors (Lipinski definition) is 1. The van der Waals surface area contributed by atoms with Gasteiger partial charge in [-0.25, -0.2) is 8.78 Å². The van der Waals surface area contributed by atoms with Crippen LogP contribution in [0.1, 0.15) is 36.6 Å². The van der Waals surface area contributed by atoms with Crippen LogP contribution >= 0.6 is 0 Å². The van der Waals surface area contributed by atoms with Gasteiger partial charge in [-0.3, -0.25) is 14.6 Å². The Balaban J connectivity index is 1.44. The molecular weight excluding hydrogens is 432 g/mol. The lowest BCUT2D eigenvalue weighted by molar-refractivity contribution is -0.133. The summed E-state index contributed by atoms with van der Waals surface area (Å²) in [5, 5.41) is 3.07. The van der Waals surface area contributed by atoms with E-state index in [1.54, 1.807) is 24.3 Å². The van der Waals surface area contributed by atoms with Crippen LogP contribution in [0.5, 0.6) is 0 Å². The van der Waals surface area contributed by atoms with E-state index >= 15 is 0 Å². The number of amides is 1. The highest BCUT2D eigenvalue weighted by Crippen LogP contribution is 2.31. The average molecular weight is 464 g/mol. The van der Waals surface area contributed by atoms with Crippen LogP contribution in [0.15, 0.2) is 78.9 Å². The predicted molar refractivity (Wildman–Crippen MR) is 130 cm³/mol. The molecule has 1 aliphatic rings. The molecule has 3 aromatic rings. The van der Waals surface area contributed by atoms with Crippen molar-refractivity contribution in [2.75, 3.05) is 26.2 Å². The van der Waals surface area contributed by atoms with Gasteiger partial charge < -0.3 is 5.32 Å². The number of carbonyl (C=O) groups excluding carboxylic acids is 1. The molecule has 0 aromatic heterocycles. The van der Waals surface area contributed by atoms with Gasteiger partial charge >= 0.3 is 0 Å². The van der Waals surface area contributed by atoms with Crippen LogP contribution in [0.4, 0.5) is 8.78 Å². The molecule has 178 valence electrons. The minimum atomic E-state index is -0.651. The maximum atomic E-state index is 13.6. The summed E-state index contributed by atoms with van der Waals surface area (Å²) in [6.07, 6.45) is 0. The van der Waals surface area contributed by atoms with Crippen molar-refractivity contribution in [3.05, 3.63) is 107 Å². The molecule has 4 rings (SSSR count). The minimum Gasteiger partial charge on any atom is -0.350 e. The number of rotatable bonds is 7. The topological polar surface area (TPSA) is 35.6 Å². The molecule has 0 bridgehead atoms.